The SMILES string of the molecule is Cc1cccc2oc(N[C@@H](C)C(=O)O)nc(=O)c12. The molecule has 94 valence electrons. The van der Waals surface area contributed by atoms with Crippen LogP contribution in [-0.2, 0) is 4.79 Å². The van der Waals surface area contributed by atoms with E-state index in [1.165, 1.54) is 6.92 Å². The number of aromatic nitrogens is 1. The molecular formula is C12H12N2O4. The van der Waals surface area contributed by atoms with E-state index >= 15 is 0 Å². The second kappa shape index (κ2) is 4.48. The molecule has 2 rings (SSSR count). The van der Waals surface area contributed by atoms with E-state index in [9.17, 15) is 9.59 Å². The maximum atomic E-state index is 11.8. The molecule has 0 aliphatic rings. The van der Waals surface area contributed by atoms with E-state index in [2.05, 4.69) is 10.3 Å². The smallest absolute Gasteiger partial charge is 0.325 e. The molecule has 0 bridgehead atoms. The highest BCUT2D eigenvalue weighted by atomic mass is 16.4. The van der Waals surface area contributed by atoms with Crippen LogP contribution in [0.3, 0.4) is 0 Å². The molecule has 0 saturated carbocycles. The fourth-order valence-electron chi connectivity index (χ4n) is 1.58. The van der Waals surface area contributed by atoms with E-state index in [1.807, 2.05) is 0 Å². The largest absolute Gasteiger partial charge is 0.480 e. The van der Waals surface area contributed by atoms with Gasteiger partial charge in [-0.1, -0.05) is 12.1 Å². The van der Waals surface area contributed by atoms with Crippen molar-refractivity contribution >= 4 is 23.0 Å². The van der Waals surface area contributed by atoms with Gasteiger partial charge in [0.25, 0.3) is 11.6 Å². The molecule has 0 amide bonds. The van der Waals surface area contributed by atoms with Gasteiger partial charge in [0.2, 0.25) is 0 Å². The van der Waals surface area contributed by atoms with Crippen LogP contribution in [0.5, 0.6) is 0 Å². The summed E-state index contributed by atoms with van der Waals surface area (Å²) >= 11 is 0. The molecule has 0 aliphatic heterocycles. The van der Waals surface area contributed by atoms with Crippen LogP contribution in [0.1, 0.15) is 12.5 Å². The Bertz CT molecular complexity index is 663. The normalized spacial score (nSPS) is 12.3. The van der Waals surface area contributed by atoms with Gasteiger partial charge in [0.1, 0.15) is 11.6 Å². The fraction of sp³-hybridized carbons (Fsp3) is 0.250. The fourth-order valence-corrected chi connectivity index (χ4v) is 1.58. The van der Waals surface area contributed by atoms with Gasteiger partial charge in [-0.05, 0) is 25.5 Å². The number of hydrogen-bond donors (Lipinski definition) is 2. The first-order chi connectivity index (χ1) is 8.49. The molecule has 0 radical (unpaired) electrons. The summed E-state index contributed by atoms with van der Waals surface area (Å²) in [6, 6.07) is 4.21. The predicted octanol–water partition coefficient (Wildman–Crippen LogP) is 1.38. The molecule has 1 heterocycles. The average Bonchev–Trinajstić information content (AvgIpc) is 2.28. The maximum absolute atomic E-state index is 11.8. The standard InChI is InChI=1S/C12H12N2O4/c1-6-4-3-5-8-9(6)10(15)14-12(18-8)13-7(2)11(16)17/h3-5,7H,1-2H3,(H,16,17)(H,13,14,15)/t7-/m0/s1. The second-order valence-corrected chi connectivity index (χ2v) is 3.98. The van der Waals surface area contributed by atoms with Crippen LogP contribution in [0.4, 0.5) is 6.01 Å². The van der Waals surface area contributed by atoms with E-state index in [-0.39, 0.29) is 6.01 Å². The van der Waals surface area contributed by atoms with Crippen molar-refractivity contribution in [3.05, 3.63) is 34.1 Å². The van der Waals surface area contributed by atoms with E-state index in [4.69, 9.17) is 9.52 Å². The van der Waals surface area contributed by atoms with Crippen molar-refractivity contribution in [3.63, 3.8) is 0 Å². The van der Waals surface area contributed by atoms with Crippen molar-refractivity contribution in [2.45, 2.75) is 19.9 Å². The quantitative estimate of drug-likeness (QED) is 0.852. The zero-order valence-corrected chi connectivity index (χ0v) is 9.93. The Morgan fingerprint density at radius 2 is 2.22 bits per heavy atom. The minimum Gasteiger partial charge on any atom is -0.480 e. The maximum Gasteiger partial charge on any atom is 0.325 e. The molecule has 0 unspecified atom stereocenters. The number of fused-ring (bicyclic) bond motifs is 1. The van der Waals surface area contributed by atoms with Gasteiger partial charge >= 0.3 is 5.97 Å². The minimum atomic E-state index is -1.05. The summed E-state index contributed by atoms with van der Waals surface area (Å²) in [5, 5.41) is 11.7. The lowest BCUT2D eigenvalue weighted by Crippen LogP contribution is -2.27. The highest BCUT2D eigenvalue weighted by molar-refractivity contribution is 5.80. The van der Waals surface area contributed by atoms with Gasteiger partial charge in [-0.15, -0.1) is 0 Å². The van der Waals surface area contributed by atoms with E-state index < -0.39 is 17.6 Å². The molecule has 2 aromatic rings. The number of carboxylic acids is 1. The first-order valence-electron chi connectivity index (χ1n) is 5.39. The average molecular weight is 248 g/mol. The molecule has 0 spiro atoms. The number of aliphatic carboxylic acids is 1. The third-order valence-corrected chi connectivity index (χ3v) is 2.57. The highest BCUT2D eigenvalue weighted by Crippen LogP contribution is 2.16. The van der Waals surface area contributed by atoms with Crippen LogP contribution in [-0.4, -0.2) is 22.1 Å². The van der Waals surface area contributed by atoms with Crippen LogP contribution in [0.15, 0.2) is 27.4 Å². The van der Waals surface area contributed by atoms with E-state index in [0.717, 1.165) is 5.56 Å². The molecule has 1 atom stereocenters. The number of nitrogens with zero attached hydrogens (tertiary/aromatic N) is 1. The molecule has 0 aliphatic carbocycles. The van der Waals surface area contributed by atoms with Gasteiger partial charge in [0.05, 0.1) is 5.39 Å². The topological polar surface area (TPSA) is 92.4 Å². The number of anilines is 1. The number of carbonyl (C=O) groups is 1. The number of benzene rings is 1. The van der Waals surface area contributed by atoms with Crippen LogP contribution in [0.25, 0.3) is 11.0 Å². The monoisotopic (exact) mass is 248 g/mol. The molecule has 6 heteroatoms. The van der Waals surface area contributed by atoms with Crippen molar-refractivity contribution in [2.24, 2.45) is 0 Å². The Kier molecular flexibility index (Phi) is 3.01. The molecule has 1 aromatic carbocycles. The van der Waals surface area contributed by atoms with Crippen LogP contribution in [0.2, 0.25) is 0 Å². The Morgan fingerprint density at radius 1 is 1.50 bits per heavy atom. The summed E-state index contributed by atoms with van der Waals surface area (Å²) < 4.78 is 5.36. The van der Waals surface area contributed by atoms with Gasteiger partial charge in [-0.2, -0.15) is 4.98 Å². The predicted molar refractivity (Wildman–Crippen MR) is 65.7 cm³/mol. The van der Waals surface area contributed by atoms with E-state index in [1.54, 1.807) is 25.1 Å². The summed E-state index contributed by atoms with van der Waals surface area (Å²) in [6.07, 6.45) is 0. The van der Waals surface area contributed by atoms with Gasteiger partial charge < -0.3 is 14.8 Å². The van der Waals surface area contributed by atoms with Crippen molar-refractivity contribution in [1.82, 2.24) is 4.98 Å². The summed E-state index contributed by atoms with van der Waals surface area (Å²) in [5.74, 6) is -1.05. The summed E-state index contributed by atoms with van der Waals surface area (Å²) in [6.45, 7) is 3.22. The second-order valence-electron chi connectivity index (χ2n) is 3.98. The third-order valence-electron chi connectivity index (χ3n) is 2.57. The highest BCUT2D eigenvalue weighted by Gasteiger charge is 2.14. The minimum absolute atomic E-state index is 0.0898. The van der Waals surface area contributed by atoms with Crippen LogP contribution in [0, 0.1) is 6.92 Å². The van der Waals surface area contributed by atoms with Crippen molar-refractivity contribution in [3.8, 4) is 0 Å². The lowest BCUT2D eigenvalue weighted by atomic mass is 10.1. The molecule has 0 fully saturated rings. The number of nitrogens with one attached hydrogen (secondary N) is 1. The summed E-state index contributed by atoms with van der Waals surface area (Å²) in [5.41, 5.74) is 0.719. The third kappa shape index (κ3) is 2.17. The Balaban J connectivity index is 2.50. The van der Waals surface area contributed by atoms with Gasteiger partial charge in [-0.25, -0.2) is 0 Å². The van der Waals surface area contributed by atoms with Crippen molar-refractivity contribution in [1.29, 1.82) is 0 Å². The lowest BCUT2D eigenvalue weighted by Gasteiger charge is -2.09. The van der Waals surface area contributed by atoms with E-state index in [0.29, 0.717) is 11.0 Å². The molecule has 1 aromatic heterocycles. The summed E-state index contributed by atoms with van der Waals surface area (Å²) in [7, 11) is 0. The molecular weight excluding hydrogens is 236 g/mol. The molecule has 6 nitrogen and oxygen atoms in total. The van der Waals surface area contributed by atoms with Crippen molar-refractivity contribution < 1.29 is 14.3 Å². The Labute approximate surface area is 102 Å². The Morgan fingerprint density at radius 3 is 2.89 bits per heavy atom. The number of aryl methyl sites for hydroxylation is 1. The van der Waals surface area contributed by atoms with Gasteiger partial charge in [-0.3, -0.25) is 9.59 Å². The first kappa shape index (κ1) is 12.1. The zero-order valence-electron chi connectivity index (χ0n) is 9.93. The summed E-state index contributed by atoms with van der Waals surface area (Å²) in [4.78, 5) is 26.2. The van der Waals surface area contributed by atoms with Gasteiger partial charge in [0, 0.05) is 0 Å². The number of hydrogen-bond acceptors (Lipinski definition) is 5. The lowest BCUT2D eigenvalue weighted by molar-refractivity contribution is -0.137. The number of carboxylic acid groups (broad SMARTS) is 1. The Hall–Kier alpha value is -2.37. The molecule has 0 saturated heterocycles. The molecule has 18 heavy (non-hydrogen) atoms. The van der Waals surface area contributed by atoms with Crippen molar-refractivity contribution in [2.75, 3.05) is 5.32 Å². The first-order valence-corrected chi connectivity index (χ1v) is 5.39. The van der Waals surface area contributed by atoms with Crippen LogP contribution >= 0.6 is 0 Å². The van der Waals surface area contributed by atoms with Gasteiger partial charge in [0.15, 0.2) is 0 Å². The number of rotatable bonds is 3. The zero-order chi connectivity index (χ0) is 13.3. The van der Waals surface area contributed by atoms with Crippen LogP contribution < -0.4 is 10.9 Å². The molecule has 2 N–H and O–H groups in total.